The second-order valence-electron chi connectivity index (χ2n) is 5.65. The molecule has 1 aromatic heterocycles. The van der Waals surface area contributed by atoms with Crippen molar-refractivity contribution in [1.82, 2.24) is 20.1 Å². The molecule has 0 saturated heterocycles. The number of hydrogen-bond acceptors (Lipinski definition) is 4. The minimum Gasteiger partial charge on any atom is -0.394 e. The Morgan fingerprint density at radius 3 is 2.76 bits per heavy atom. The summed E-state index contributed by atoms with van der Waals surface area (Å²) in [5.74, 6) is 0.0926. The van der Waals surface area contributed by atoms with E-state index >= 15 is 0 Å². The van der Waals surface area contributed by atoms with Gasteiger partial charge in [0, 0.05) is 0 Å². The molecule has 3 rings (SSSR count). The van der Waals surface area contributed by atoms with Crippen molar-refractivity contribution >= 4 is 5.91 Å². The Hall–Kier alpha value is -2.21. The van der Waals surface area contributed by atoms with Crippen molar-refractivity contribution in [3.63, 3.8) is 0 Å². The summed E-state index contributed by atoms with van der Waals surface area (Å²) < 4.78 is 1.56. The third kappa shape index (κ3) is 2.80. The molecule has 2 N–H and O–H groups in total. The molecule has 6 heteroatoms. The van der Waals surface area contributed by atoms with Crippen molar-refractivity contribution in [3.8, 4) is 5.69 Å². The topological polar surface area (TPSA) is 80.0 Å². The van der Waals surface area contributed by atoms with E-state index in [1.807, 2.05) is 37.3 Å². The summed E-state index contributed by atoms with van der Waals surface area (Å²) in [7, 11) is 0. The van der Waals surface area contributed by atoms with Crippen LogP contribution in [-0.4, -0.2) is 37.9 Å². The van der Waals surface area contributed by atoms with Crippen LogP contribution in [0.25, 0.3) is 5.69 Å². The maximum absolute atomic E-state index is 12.2. The molecule has 1 amide bonds. The predicted molar refractivity (Wildman–Crippen MR) is 77.0 cm³/mol. The zero-order valence-corrected chi connectivity index (χ0v) is 11.9. The third-order valence-electron chi connectivity index (χ3n) is 3.92. The van der Waals surface area contributed by atoms with Crippen LogP contribution in [0, 0.1) is 5.92 Å². The maximum atomic E-state index is 12.2. The number of para-hydroxylation sites is 1. The number of aromatic nitrogens is 3. The van der Waals surface area contributed by atoms with Gasteiger partial charge in [0.1, 0.15) is 6.33 Å². The van der Waals surface area contributed by atoms with E-state index in [4.69, 9.17) is 0 Å². The van der Waals surface area contributed by atoms with Gasteiger partial charge >= 0.3 is 0 Å². The lowest BCUT2D eigenvalue weighted by atomic mass is 9.97. The normalized spacial score (nSPS) is 17.2. The van der Waals surface area contributed by atoms with E-state index in [-0.39, 0.29) is 18.3 Å². The number of aliphatic hydroxyl groups is 1. The van der Waals surface area contributed by atoms with E-state index in [0.717, 1.165) is 18.5 Å². The molecule has 21 heavy (non-hydrogen) atoms. The fourth-order valence-electron chi connectivity index (χ4n) is 2.38. The molecular weight excluding hydrogens is 268 g/mol. The zero-order valence-electron chi connectivity index (χ0n) is 11.9. The minimum atomic E-state index is -0.588. The molecule has 2 aromatic rings. The van der Waals surface area contributed by atoms with Gasteiger partial charge < -0.3 is 10.4 Å². The number of nitrogens with one attached hydrogen (secondary N) is 1. The molecule has 1 aliphatic rings. The Bertz CT molecular complexity index is 636. The number of hydrogen-bond donors (Lipinski definition) is 2. The van der Waals surface area contributed by atoms with E-state index in [0.29, 0.717) is 5.92 Å². The monoisotopic (exact) mass is 286 g/mol. The standard InChI is InChI=1S/C15H18N4O2/c1-15(9-20,11-7-8-11)17-14(21)13-16-10-19(18-13)12-5-3-2-4-6-12/h2-6,10-11,20H,7-9H2,1H3,(H,17,21). The van der Waals surface area contributed by atoms with Crippen molar-refractivity contribution < 1.29 is 9.90 Å². The molecule has 1 unspecified atom stereocenters. The second kappa shape index (κ2) is 5.29. The third-order valence-corrected chi connectivity index (χ3v) is 3.92. The number of rotatable bonds is 5. The molecule has 1 atom stereocenters. The molecule has 0 radical (unpaired) electrons. The van der Waals surface area contributed by atoms with Crippen LogP contribution < -0.4 is 5.32 Å². The molecule has 1 fully saturated rings. The van der Waals surface area contributed by atoms with Crippen LogP contribution in [-0.2, 0) is 0 Å². The molecule has 1 aromatic carbocycles. The van der Waals surface area contributed by atoms with E-state index in [2.05, 4.69) is 15.4 Å². The van der Waals surface area contributed by atoms with Crippen molar-refractivity contribution in [1.29, 1.82) is 0 Å². The van der Waals surface area contributed by atoms with Crippen LogP contribution in [0.2, 0.25) is 0 Å². The van der Waals surface area contributed by atoms with Crippen LogP contribution in [0.1, 0.15) is 30.4 Å². The van der Waals surface area contributed by atoms with Crippen LogP contribution in [0.4, 0.5) is 0 Å². The van der Waals surface area contributed by atoms with Gasteiger partial charge in [-0.1, -0.05) is 18.2 Å². The van der Waals surface area contributed by atoms with Gasteiger partial charge in [0.25, 0.3) is 5.91 Å². The maximum Gasteiger partial charge on any atom is 0.291 e. The first-order valence-electron chi connectivity index (χ1n) is 7.03. The van der Waals surface area contributed by atoms with Crippen LogP contribution in [0.15, 0.2) is 36.7 Å². The first kappa shape index (κ1) is 13.8. The number of nitrogens with zero attached hydrogens (tertiary/aromatic N) is 3. The highest BCUT2D eigenvalue weighted by Gasteiger charge is 2.42. The van der Waals surface area contributed by atoms with E-state index in [1.165, 1.54) is 6.33 Å². The average Bonchev–Trinajstić information content (AvgIpc) is 3.26. The van der Waals surface area contributed by atoms with Gasteiger partial charge in [0.2, 0.25) is 5.82 Å². The lowest BCUT2D eigenvalue weighted by Crippen LogP contribution is -2.51. The lowest BCUT2D eigenvalue weighted by molar-refractivity contribution is 0.0814. The largest absolute Gasteiger partial charge is 0.394 e. The number of carbonyl (C=O) groups excluding carboxylic acids is 1. The number of benzene rings is 1. The highest BCUT2D eigenvalue weighted by atomic mass is 16.3. The minimum absolute atomic E-state index is 0.0806. The van der Waals surface area contributed by atoms with Crippen LogP contribution in [0.5, 0.6) is 0 Å². The van der Waals surface area contributed by atoms with Crippen molar-refractivity contribution in [2.45, 2.75) is 25.3 Å². The Kier molecular flexibility index (Phi) is 3.47. The number of aliphatic hydroxyl groups excluding tert-OH is 1. The molecule has 1 heterocycles. The Balaban J connectivity index is 1.75. The van der Waals surface area contributed by atoms with Crippen molar-refractivity contribution in [2.24, 2.45) is 5.92 Å². The summed E-state index contributed by atoms with van der Waals surface area (Å²) >= 11 is 0. The Labute approximate surface area is 122 Å². The zero-order chi connectivity index (χ0) is 14.9. The Morgan fingerprint density at radius 2 is 2.14 bits per heavy atom. The van der Waals surface area contributed by atoms with E-state index in [1.54, 1.807) is 4.68 Å². The Morgan fingerprint density at radius 1 is 1.43 bits per heavy atom. The van der Waals surface area contributed by atoms with Gasteiger partial charge in [-0.2, -0.15) is 0 Å². The van der Waals surface area contributed by atoms with Gasteiger partial charge in [0.15, 0.2) is 0 Å². The van der Waals surface area contributed by atoms with Gasteiger partial charge in [-0.15, -0.1) is 5.10 Å². The summed E-state index contributed by atoms with van der Waals surface area (Å²) in [6, 6.07) is 9.48. The quantitative estimate of drug-likeness (QED) is 0.864. The average molecular weight is 286 g/mol. The van der Waals surface area contributed by atoms with Gasteiger partial charge in [0.05, 0.1) is 17.8 Å². The van der Waals surface area contributed by atoms with Gasteiger partial charge in [-0.25, -0.2) is 9.67 Å². The SMILES string of the molecule is CC(CO)(NC(=O)c1ncn(-c2ccccc2)n1)C1CC1. The summed E-state index contributed by atoms with van der Waals surface area (Å²) in [6.07, 6.45) is 3.57. The summed E-state index contributed by atoms with van der Waals surface area (Å²) in [5.41, 5.74) is 0.256. The number of amides is 1. The first-order valence-corrected chi connectivity index (χ1v) is 7.03. The molecule has 1 aliphatic carbocycles. The fraction of sp³-hybridized carbons (Fsp3) is 0.400. The predicted octanol–water partition coefficient (Wildman–Crippen LogP) is 1.16. The smallest absolute Gasteiger partial charge is 0.291 e. The highest BCUT2D eigenvalue weighted by Crippen LogP contribution is 2.39. The van der Waals surface area contributed by atoms with Crippen molar-refractivity contribution in [2.75, 3.05) is 6.61 Å². The van der Waals surface area contributed by atoms with Crippen LogP contribution >= 0.6 is 0 Å². The molecule has 6 nitrogen and oxygen atoms in total. The number of carbonyl (C=O) groups is 1. The second-order valence-corrected chi connectivity index (χ2v) is 5.65. The summed E-state index contributed by atoms with van der Waals surface area (Å²) in [4.78, 5) is 16.3. The van der Waals surface area contributed by atoms with E-state index < -0.39 is 5.54 Å². The molecule has 0 bridgehead atoms. The van der Waals surface area contributed by atoms with Crippen molar-refractivity contribution in [3.05, 3.63) is 42.5 Å². The van der Waals surface area contributed by atoms with Gasteiger partial charge in [-0.3, -0.25) is 4.79 Å². The summed E-state index contributed by atoms with van der Waals surface area (Å²) in [5, 5.41) is 16.6. The highest BCUT2D eigenvalue weighted by molar-refractivity contribution is 5.90. The van der Waals surface area contributed by atoms with Gasteiger partial charge in [-0.05, 0) is 37.8 Å². The molecular formula is C15H18N4O2. The molecule has 0 aliphatic heterocycles. The molecule has 110 valence electrons. The van der Waals surface area contributed by atoms with E-state index in [9.17, 15) is 9.90 Å². The fourth-order valence-corrected chi connectivity index (χ4v) is 2.38. The summed E-state index contributed by atoms with van der Waals surface area (Å²) in [6.45, 7) is 1.78. The molecule has 0 spiro atoms. The van der Waals surface area contributed by atoms with Crippen LogP contribution in [0.3, 0.4) is 0 Å². The molecule has 1 saturated carbocycles. The first-order chi connectivity index (χ1) is 10.1. The lowest BCUT2D eigenvalue weighted by Gasteiger charge is -2.28.